The van der Waals surface area contributed by atoms with Crippen LogP contribution >= 0.6 is 0 Å². The second kappa shape index (κ2) is 5.72. The highest BCUT2D eigenvalue weighted by atomic mass is 19.3. The molecular formula is C10H14F2N2O. The van der Waals surface area contributed by atoms with Crippen molar-refractivity contribution in [1.82, 2.24) is 10.3 Å². The smallest absolute Gasteiger partial charge is 0.265 e. The van der Waals surface area contributed by atoms with E-state index in [0.717, 1.165) is 11.3 Å². The van der Waals surface area contributed by atoms with Crippen molar-refractivity contribution in [1.29, 1.82) is 0 Å². The van der Waals surface area contributed by atoms with Gasteiger partial charge >= 0.3 is 0 Å². The molecule has 1 rings (SSSR count). The Bertz CT molecular complexity index is 290. The van der Waals surface area contributed by atoms with Crippen LogP contribution in [0, 0.1) is 6.92 Å². The van der Waals surface area contributed by atoms with Crippen molar-refractivity contribution in [2.24, 2.45) is 0 Å². The van der Waals surface area contributed by atoms with Crippen molar-refractivity contribution in [3.8, 4) is 0 Å². The summed E-state index contributed by atoms with van der Waals surface area (Å²) in [6.45, 7) is 2.18. The third-order valence-corrected chi connectivity index (χ3v) is 1.95. The summed E-state index contributed by atoms with van der Waals surface area (Å²) in [5, 5.41) is 11.6. The van der Waals surface area contributed by atoms with Crippen LogP contribution < -0.4 is 5.32 Å². The van der Waals surface area contributed by atoms with Gasteiger partial charge in [0.25, 0.3) is 6.43 Å². The van der Waals surface area contributed by atoms with Crippen LogP contribution in [0.1, 0.15) is 11.3 Å². The van der Waals surface area contributed by atoms with Gasteiger partial charge < -0.3 is 10.4 Å². The van der Waals surface area contributed by atoms with Gasteiger partial charge in [0.05, 0.1) is 0 Å². The Morgan fingerprint density at radius 3 is 2.73 bits per heavy atom. The monoisotopic (exact) mass is 216 g/mol. The van der Waals surface area contributed by atoms with E-state index in [1.165, 1.54) is 0 Å². The van der Waals surface area contributed by atoms with E-state index in [4.69, 9.17) is 5.11 Å². The zero-order valence-electron chi connectivity index (χ0n) is 8.45. The van der Waals surface area contributed by atoms with Gasteiger partial charge in [-0.1, -0.05) is 6.07 Å². The average molecular weight is 216 g/mol. The molecule has 84 valence electrons. The van der Waals surface area contributed by atoms with E-state index >= 15 is 0 Å². The van der Waals surface area contributed by atoms with Crippen LogP contribution in [0.25, 0.3) is 0 Å². The lowest BCUT2D eigenvalue weighted by Gasteiger charge is -2.10. The summed E-state index contributed by atoms with van der Waals surface area (Å²) < 4.78 is 23.8. The van der Waals surface area contributed by atoms with Gasteiger partial charge in [0, 0.05) is 25.0 Å². The quantitative estimate of drug-likeness (QED) is 0.774. The van der Waals surface area contributed by atoms with E-state index in [-0.39, 0.29) is 6.54 Å². The van der Waals surface area contributed by atoms with Gasteiger partial charge in [-0.05, 0) is 18.6 Å². The van der Waals surface area contributed by atoms with Crippen LogP contribution in [0.15, 0.2) is 18.3 Å². The average Bonchev–Trinajstić information content (AvgIpc) is 2.20. The lowest BCUT2D eigenvalue weighted by molar-refractivity contribution is -0.00341. The summed E-state index contributed by atoms with van der Waals surface area (Å²) in [5.74, 6) is 0. The predicted molar refractivity (Wildman–Crippen MR) is 52.7 cm³/mol. The fourth-order valence-corrected chi connectivity index (χ4v) is 1.06. The molecule has 1 atom stereocenters. The number of pyridine rings is 1. The van der Waals surface area contributed by atoms with Crippen molar-refractivity contribution < 1.29 is 13.9 Å². The molecule has 5 heteroatoms. The molecule has 0 aliphatic carbocycles. The number of halogens is 2. The lowest BCUT2D eigenvalue weighted by atomic mass is 10.2. The van der Waals surface area contributed by atoms with Crippen molar-refractivity contribution in [3.05, 3.63) is 29.6 Å². The zero-order valence-corrected chi connectivity index (χ0v) is 8.45. The molecule has 3 nitrogen and oxygen atoms in total. The van der Waals surface area contributed by atoms with Gasteiger partial charge in [0.1, 0.15) is 6.10 Å². The van der Waals surface area contributed by atoms with Crippen LogP contribution in [-0.4, -0.2) is 29.2 Å². The topological polar surface area (TPSA) is 45.1 Å². The van der Waals surface area contributed by atoms with Gasteiger partial charge in [-0.3, -0.25) is 4.98 Å². The Morgan fingerprint density at radius 1 is 1.47 bits per heavy atom. The van der Waals surface area contributed by atoms with Gasteiger partial charge in [0.2, 0.25) is 0 Å². The minimum atomic E-state index is -2.70. The molecule has 0 aromatic carbocycles. The summed E-state index contributed by atoms with van der Waals surface area (Å²) in [6.07, 6.45) is -2.63. The van der Waals surface area contributed by atoms with Crippen LogP contribution in [0.3, 0.4) is 0 Å². The Balaban J connectivity index is 2.29. The molecular weight excluding hydrogens is 202 g/mol. The van der Waals surface area contributed by atoms with Crippen LogP contribution in [0.4, 0.5) is 8.78 Å². The number of aliphatic hydroxyl groups is 1. The zero-order chi connectivity index (χ0) is 11.3. The number of hydrogen-bond acceptors (Lipinski definition) is 3. The van der Waals surface area contributed by atoms with E-state index in [1.807, 2.05) is 19.1 Å². The molecule has 1 aromatic heterocycles. The van der Waals surface area contributed by atoms with E-state index < -0.39 is 12.5 Å². The second-order valence-electron chi connectivity index (χ2n) is 3.34. The molecule has 0 radical (unpaired) electrons. The normalized spacial score (nSPS) is 13.1. The number of nitrogens with zero attached hydrogens (tertiary/aromatic N) is 1. The maximum atomic E-state index is 11.9. The molecule has 0 aliphatic heterocycles. The van der Waals surface area contributed by atoms with Gasteiger partial charge in [-0.15, -0.1) is 0 Å². The summed E-state index contributed by atoms with van der Waals surface area (Å²) in [7, 11) is 0. The fourth-order valence-electron chi connectivity index (χ4n) is 1.06. The van der Waals surface area contributed by atoms with Crippen molar-refractivity contribution in [3.63, 3.8) is 0 Å². The summed E-state index contributed by atoms with van der Waals surface area (Å²) in [6, 6.07) is 3.71. The van der Waals surface area contributed by atoms with E-state index in [1.54, 1.807) is 6.20 Å². The summed E-state index contributed by atoms with van der Waals surface area (Å²) in [5.41, 5.74) is 1.81. The van der Waals surface area contributed by atoms with Crippen LogP contribution in [0.2, 0.25) is 0 Å². The first-order valence-corrected chi connectivity index (χ1v) is 4.68. The molecule has 1 aromatic rings. The van der Waals surface area contributed by atoms with E-state index in [9.17, 15) is 8.78 Å². The maximum absolute atomic E-state index is 11.9. The van der Waals surface area contributed by atoms with Crippen molar-refractivity contribution in [2.75, 3.05) is 6.54 Å². The second-order valence-corrected chi connectivity index (χ2v) is 3.34. The van der Waals surface area contributed by atoms with Crippen molar-refractivity contribution >= 4 is 0 Å². The Labute approximate surface area is 87.2 Å². The maximum Gasteiger partial charge on any atom is 0.265 e. The lowest BCUT2D eigenvalue weighted by Crippen LogP contribution is -2.31. The van der Waals surface area contributed by atoms with Gasteiger partial charge in [-0.25, -0.2) is 8.78 Å². The highest BCUT2D eigenvalue weighted by Crippen LogP contribution is 2.01. The molecule has 0 saturated heterocycles. The molecule has 0 aliphatic rings. The molecule has 0 spiro atoms. The van der Waals surface area contributed by atoms with Gasteiger partial charge in [-0.2, -0.15) is 0 Å². The Hall–Kier alpha value is -1.07. The molecule has 0 fully saturated rings. The van der Waals surface area contributed by atoms with Crippen LogP contribution in [0.5, 0.6) is 0 Å². The Kier molecular flexibility index (Phi) is 4.58. The molecule has 1 unspecified atom stereocenters. The number of nitrogens with one attached hydrogen (secondary N) is 1. The highest BCUT2D eigenvalue weighted by Gasteiger charge is 2.15. The third kappa shape index (κ3) is 4.31. The number of aromatic nitrogens is 1. The highest BCUT2D eigenvalue weighted by molar-refractivity contribution is 5.12. The first-order chi connectivity index (χ1) is 7.09. The fraction of sp³-hybridized carbons (Fsp3) is 0.500. The molecule has 0 bridgehead atoms. The number of aryl methyl sites for hydroxylation is 1. The minimum Gasteiger partial charge on any atom is -0.386 e. The summed E-state index contributed by atoms with van der Waals surface area (Å²) >= 11 is 0. The first-order valence-electron chi connectivity index (χ1n) is 4.68. The Morgan fingerprint density at radius 2 is 2.20 bits per heavy atom. The van der Waals surface area contributed by atoms with Crippen LogP contribution in [-0.2, 0) is 6.54 Å². The van der Waals surface area contributed by atoms with Crippen molar-refractivity contribution in [2.45, 2.75) is 26.0 Å². The largest absolute Gasteiger partial charge is 0.386 e. The number of aliphatic hydroxyl groups excluding tert-OH is 1. The number of rotatable bonds is 5. The molecule has 0 amide bonds. The molecule has 0 saturated carbocycles. The molecule has 2 N–H and O–H groups in total. The standard InChI is InChI=1S/C10H14F2N2O/c1-7-2-3-8(5-14-7)4-13-6-9(15)10(11)12/h2-3,5,9-10,13,15H,4,6H2,1H3. The first kappa shape index (κ1) is 12.0. The summed E-state index contributed by atoms with van der Waals surface area (Å²) in [4.78, 5) is 4.06. The third-order valence-electron chi connectivity index (χ3n) is 1.95. The number of alkyl halides is 2. The SMILES string of the molecule is Cc1ccc(CNCC(O)C(F)F)cn1. The van der Waals surface area contributed by atoms with E-state index in [2.05, 4.69) is 10.3 Å². The molecule has 15 heavy (non-hydrogen) atoms. The van der Waals surface area contributed by atoms with Gasteiger partial charge in [0.15, 0.2) is 0 Å². The van der Waals surface area contributed by atoms with E-state index in [0.29, 0.717) is 6.54 Å². The predicted octanol–water partition coefficient (Wildman–Crippen LogP) is 1.11. The number of hydrogen-bond donors (Lipinski definition) is 2. The minimum absolute atomic E-state index is 0.120. The molecule has 1 heterocycles.